The predicted octanol–water partition coefficient (Wildman–Crippen LogP) is 3.27. The Balaban J connectivity index is 1.97. The minimum Gasteiger partial charge on any atom is -0.433 e. The molecule has 1 saturated carbocycles. The smallest absolute Gasteiger partial charge is 0.313 e. The maximum atomic E-state index is 13.2. The van der Waals surface area contributed by atoms with Gasteiger partial charge in [0.05, 0.1) is 4.47 Å². The van der Waals surface area contributed by atoms with E-state index in [9.17, 15) is 9.18 Å². The molecule has 19 heavy (non-hydrogen) atoms. The van der Waals surface area contributed by atoms with Gasteiger partial charge in [-0.2, -0.15) is 0 Å². The van der Waals surface area contributed by atoms with Gasteiger partial charge >= 0.3 is 5.56 Å². The molecule has 6 heteroatoms. The highest BCUT2D eigenvalue weighted by atomic mass is 79.9. The van der Waals surface area contributed by atoms with Gasteiger partial charge in [-0.3, -0.25) is 4.79 Å². The lowest BCUT2D eigenvalue weighted by molar-refractivity contribution is 0.438. The zero-order valence-corrected chi connectivity index (χ0v) is 11.4. The zero-order valence-electron chi connectivity index (χ0n) is 9.85. The van der Waals surface area contributed by atoms with Gasteiger partial charge in [-0.1, -0.05) is 0 Å². The van der Waals surface area contributed by atoms with Crippen LogP contribution in [0.25, 0.3) is 0 Å². The second kappa shape index (κ2) is 4.77. The number of rotatable bonds is 3. The highest BCUT2D eigenvalue weighted by Crippen LogP contribution is 2.34. The van der Waals surface area contributed by atoms with Crippen molar-refractivity contribution in [2.45, 2.75) is 18.9 Å². The Labute approximate surface area is 117 Å². The van der Waals surface area contributed by atoms with Crippen LogP contribution >= 0.6 is 15.9 Å². The van der Waals surface area contributed by atoms with E-state index in [1.54, 1.807) is 10.8 Å². The fourth-order valence-corrected chi connectivity index (χ4v) is 2.10. The summed E-state index contributed by atoms with van der Waals surface area (Å²) in [6.45, 7) is 0. The highest BCUT2D eigenvalue weighted by molar-refractivity contribution is 9.10. The minimum absolute atomic E-state index is 0.0410. The van der Waals surface area contributed by atoms with E-state index in [1.165, 1.54) is 24.4 Å². The second-order valence-corrected chi connectivity index (χ2v) is 5.21. The SMILES string of the molecule is O=c1c(Oc2cc(F)ccc2Br)nccn1C1CC1. The molecule has 4 nitrogen and oxygen atoms in total. The first kappa shape index (κ1) is 12.3. The van der Waals surface area contributed by atoms with E-state index < -0.39 is 5.82 Å². The maximum absolute atomic E-state index is 13.2. The topological polar surface area (TPSA) is 44.1 Å². The van der Waals surface area contributed by atoms with Crippen molar-refractivity contribution in [3.63, 3.8) is 0 Å². The van der Waals surface area contributed by atoms with Crippen LogP contribution in [-0.4, -0.2) is 9.55 Å². The van der Waals surface area contributed by atoms with E-state index in [2.05, 4.69) is 20.9 Å². The van der Waals surface area contributed by atoms with Crippen molar-refractivity contribution in [2.75, 3.05) is 0 Å². The maximum Gasteiger partial charge on any atom is 0.313 e. The van der Waals surface area contributed by atoms with Crippen LogP contribution in [0.5, 0.6) is 11.6 Å². The molecule has 98 valence electrons. The lowest BCUT2D eigenvalue weighted by Crippen LogP contribution is -2.20. The van der Waals surface area contributed by atoms with Crippen LogP contribution in [0.4, 0.5) is 4.39 Å². The highest BCUT2D eigenvalue weighted by Gasteiger charge is 2.25. The van der Waals surface area contributed by atoms with Gasteiger partial charge in [0.2, 0.25) is 0 Å². The van der Waals surface area contributed by atoms with Gasteiger partial charge in [0.1, 0.15) is 11.6 Å². The van der Waals surface area contributed by atoms with Crippen LogP contribution in [0.3, 0.4) is 0 Å². The van der Waals surface area contributed by atoms with Gasteiger partial charge < -0.3 is 9.30 Å². The molecule has 0 bridgehead atoms. The summed E-state index contributed by atoms with van der Waals surface area (Å²) in [6, 6.07) is 4.28. The van der Waals surface area contributed by atoms with Gasteiger partial charge in [0.25, 0.3) is 5.88 Å². The molecule has 0 unspecified atom stereocenters. The third kappa shape index (κ3) is 2.53. The first-order valence-electron chi connectivity index (χ1n) is 5.85. The first-order valence-corrected chi connectivity index (χ1v) is 6.64. The zero-order chi connectivity index (χ0) is 13.4. The average molecular weight is 325 g/mol. The van der Waals surface area contributed by atoms with Crippen LogP contribution in [-0.2, 0) is 0 Å². The quantitative estimate of drug-likeness (QED) is 0.870. The van der Waals surface area contributed by atoms with Gasteiger partial charge in [0, 0.05) is 24.5 Å². The molecule has 1 aromatic heterocycles. The number of halogens is 2. The summed E-state index contributed by atoms with van der Waals surface area (Å²) in [5.41, 5.74) is -0.291. The van der Waals surface area contributed by atoms with Crippen LogP contribution in [0.2, 0.25) is 0 Å². The Kier molecular flexibility index (Phi) is 3.10. The summed E-state index contributed by atoms with van der Waals surface area (Å²) in [5.74, 6) is -0.240. The molecular formula is C13H10BrFN2O2. The number of hydrogen-bond donors (Lipinski definition) is 0. The predicted molar refractivity (Wildman–Crippen MR) is 70.9 cm³/mol. The summed E-state index contributed by atoms with van der Waals surface area (Å²) >= 11 is 3.24. The minimum atomic E-state index is -0.434. The monoisotopic (exact) mass is 324 g/mol. The van der Waals surface area contributed by atoms with Crippen LogP contribution in [0, 0.1) is 5.82 Å². The van der Waals surface area contributed by atoms with Gasteiger partial charge in [-0.15, -0.1) is 0 Å². The Bertz CT molecular complexity index is 683. The van der Waals surface area contributed by atoms with E-state index in [4.69, 9.17) is 4.74 Å². The summed E-state index contributed by atoms with van der Waals surface area (Å²) in [5, 5.41) is 0. The number of ether oxygens (including phenoxy) is 1. The molecule has 1 fully saturated rings. The summed E-state index contributed by atoms with van der Waals surface area (Å²) in [4.78, 5) is 16.0. The lowest BCUT2D eigenvalue weighted by Gasteiger charge is -2.08. The number of hydrogen-bond acceptors (Lipinski definition) is 3. The number of aromatic nitrogens is 2. The molecule has 1 aliphatic rings. The molecule has 0 amide bonds. The molecule has 0 aliphatic heterocycles. The summed E-state index contributed by atoms with van der Waals surface area (Å²) < 4.78 is 20.7. The molecule has 0 spiro atoms. The molecule has 1 heterocycles. The third-order valence-electron chi connectivity index (χ3n) is 2.88. The van der Waals surface area contributed by atoms with Gasteiger partial charge in [-0.05, 0) is 40.9 Å². The van der Waals surface area contributed by atoms with Crippen molar-refractivity contribution in [3.8, 4) is 11.6 Å². The van der Waals surface area contributed by atoms with Crippen molar-refractivity contribution < 1.29 is 9.13 Å². The summed E-state index contributed by atoms with van der Waals surface area (Å²) in [6.07, 6.45) is 5.15. The van der Waals surface area contributed by atoms with Crippen molar-refractivity contribution in [1.82, 2.24) is 9.55 Å². The fraction of sp³-hybridized carbons (Fsp3) is 0.231. The Morgan fingerprint density at radius 1 is 1.42 bits per heavy atom. The van der Waals surface area contributed by atoms with E-state index in [1.807, 2.05) is 0 Å². The molecule has 0 atom stereocenters. The largest absolute Gasteiger partial charge is 0.433 e. The third-order valence-corrected chi connectivity index (χ3v) is 3.53. The van der Waals surface area contributed by atoms with E-state index in [0.29, 0.717) is 4.47 Å². The van der Waals surface area contributed by atoms with E-state index >= 15 is 0 Å². The van der Waals surface area contributed by atoms with E-state index in [-0.39, 0.29) is 23.2 Å². The molecular weight excluding hydrogens is 315 g/mol. The van der Waals surface area contributed by atoms with Crippen LogP contribution in [0.1, 0.15) is 18.9 Å². The second-order valence-electron chi connectivity index (χ2n) is 4.35. The Morgan fingerprint density at radius 3 is 2.95 bits per heavy atom. The van der Waals surface area contributed by atoms with Gasteiger partial charge in [-0.25, -0.2) is 9.37 Å². The molecule has 1 aromatic carbocycles. The molecule has 0 radical (unpaired) electrons. The van der Waals surface area contributed by atoms with Crippen molar-refractivity contribution in [2.24, 2.45) is 0 Å². The molecule has 0 N–H and O–H groups in total. The van der Waals surface area contributed by atoms with Crippen LogP contribution < -0.4 is 10.3 Å². The van der Waals surface area contributed by atoms with Gasteiger partial charge in [0.15, 0.2) is 0 Å². The normalized spacial score (nSPS) is 14.4. The average Bonchev–Trinajstić information content (AvgIpc) is 3.20. The Hall–Kier alpha value is -1.69. The molecule has 1 aliphatic carbocycles. The van der Waals surface area contributed by atoms with Crippen LogP contribution in [0.15, 0.2) is 39.9 Å². The van der Waals surface area contributed by atoms with Crippen molar-refractivity contribution >= 4 is 15.9 Å². The number of benzene rings is 1. The number of nitrogens with zero attached hydrogens (tertiary/aromatic N) is 2. The molecule has 0 saturated heterocycles. The van der Waals surface area contributed by atoms with Crippen molar-refractivity contribution in [1.29, 1.82) is 0 Å². The standard InChI is InChI=1S/C13H10BrFN2O2/c14-10-4-1-8(15)7-11(10)19-12-13(18)17(6-5-16-12)9-2-3-9/h1,4-7,9H,2-3H2. The molecule has 3 rings (SSSR count). The first-order chi connectivity index (χ1) is 9.15. The Morgan fingerprint density at radius 2 is 2.21 bits per heavy atom. The van der Waals surface area contributed by atoms with Crippen molar-refractivity contribution in [3.05, 3.63) is 51.2 Å². The summed E-state index contributed by atoms with van der Waals surface area (Å²) in [7, 11) is 0. The fourth-order valence-electron chi connectivity index (χ4n) is 1.78. The van der Waals surface area contributed by atoms with E-state index in [0.717, 1.165) is 12.8 Å². The molecule has 2 aromatic rings. The lowest BCUT2D eigenvalue weighted by atomic mass is 10.3.